The fraction of sp³-hybridized carbons (Fsp3) is 0.250. The molecule has 0 saturated heterocycles. The van der Waals surface area contributed by atoms with E-state index in [1.807, 2.05) is 44.6 Å². The summed E-state index contributed by atoms with van der Waals surface area (Å²) in [6, 6.07) is 7.83. The van der Waals surface area contributed by atoms with Crippen molar-refractivity contribution in [1.82, 2.24) is 15.0 Å². The van der Waals surface area contributed by atoms with E-state index in [4.69, 9.17) is 18.0 Å². The normalized spacial score (nSPS) is 10.3. The molecule has 0 radical (unpaired) electrons. The Morgan fingerprint density at radius 3 is 2.89 bits per heavy atom. The van der Waals surface area contributed by atoms with Crippen LogP contribution < -0.4 is 10.6 Å². The molecule has 0 aliphatic carbocycles. The average Bonchev–Trinajstić information content (AvgIpc) is 2.75. The minimum absolute atomic E-state index is 0.407. The van der Waals surface area contributed by atoms with Crippen LogP contribution in [0.5, 0.6) is 0 Å². The maximum atomic E-state index is 5.63. The van der Waals surface area contributed by atoms with Gasteiger partial charge in [0, 0.05) is 31.5 Å². The largest absolute Gasteiger partial charge is 0.389 e. The number of aromatic nitrogens is 3. The van der Waals surface area contributed by atoms with E-state index in [0.717, 1.165) is 16.9 Å². The maximum Gasteiger partial charge on any atom is 0.104 e. The molecule has 94 valence electrons. The molecule has 18 heavy (non-hydrogen) atoms. The zero-order valence-electron chi connectivity index (χ0n) is 10.4. The number of aryl methyl sites for hydroxylation is 1. The van der Waals surface area contributed by atoms with Crippen molar-refractivity contribution < 1.29 is 0 Å². The summed E-state index contributed by atoms with van der Waals surface area (Å²) in [7, 11) is 3.84. The van der Waals surface area contributed by atoms with Gasteiger partial charge in [0.15, 0.2) is 0 Å². The predicted molar refractivity (Wildman–Crippen MR) is 75.4 cm³/mol. The number of nitrogens with two attached hydrogens (primary N) is 1. The smallest absolute Gasteiger partial charge is 0.104 e. The Morgan fingerprint density at radius 1 is 1.50 bits per heavy atom. The summed E-state index contributed by atoms with van der Waals surface area (Å²) in [5.41, 5.74) is 8.46. The third-order valence-corrected chi connectivity index (χ3v) is 2.86. The third kappa shape index (κ3) is 2.84. The lowest BCUT2D eigenvalue weighted by molar-refractivity contribution is 0.712. The Morgan fingerprint density at radius 2 is 2.28 bits per heavy atom. The molecule has 1 aromatic heterocycles. The van der Waals surface area contributed by atoms with Crippen molar-refractivity contribution >= 4 is 22.9 Å². The van der Waals surface area contributed by atoms with Crippen LogP contribution in [0.25, 0.3) is 0 Å². The molecule has 0 bridgehead atoms. The van der Waals surface area contributed by atoms with E-state index >= 15 is 0 Å². The minimum Gasteiger partial charge on any atom is -0.389 e. The highest BCUT2D eigenvalue weighted by Gasteiger charge is 2.06. The SMILES string of the molecule is CN(Cc1cn(C)nn1)c1cccc(C(N)=S)c1. The van der Waals surface area contributed by atoms with Gasteiger partial charge in [-0.05, 0) is 12.1 Å². The van der Waals surface area contributed by atoms with Gasteiger partial charge >= 0.3 is 0 Å². The van der Waals surface area contributed by atoms with Crippen molar-refractivity contribution in [2.45, 2.75) is 6.54 Å². The quantitative estimate of drug-likeness (QED) is 0.835. The van der Waals surface area contributed by atoms with E-state index in [-0.39, 0.29) is 0 Å². The van der Waals surface area contributed by atoms with Crippen LogP contribution in [0.1, 0.15) is 11.3 Å². The summed E-state index contributed by atoms with van der Waals surface area (Å²) in [6.45, 7) is 0.689. The molecule has 2 aromatic rings. The zero-order chi connectivity index (χ0) is 13.1. The van der Waals surface area contributed by atoms with Gasteiger partial charge in [0.05, 0.1) is 6.54 Å². The second-order valence-corrected chi connectivity index (χ2v) is 4.59. The number of nitrogens with zero attached hydrogens (tertiary/aromatic N) is 4. The highest BCUT2D eigenvalue weighted by molar-refractivity contribution is 7.80. The van der Waals surface area contributed by atoms with E-state index in [2.05, 4.69) is 15.2 Å². The van der Waals surface area contributed by atoms with Gasteiger partial charge in [-0.25, -0.2) is 0 Å². The molecule has 0 spiro atoms. The summed E-state index contributed by atoms with van der Waals surface area (Å²) in [4.78, 5) is 2.48. The standard InChI is InChI=1S/C12H15N5S/c1-16(7-10-8-17(2)15-14-10)11-5-3-4-9(6-11)12(13)18/h3-6,8H,7H2,1-2H3,(H2,13,18). The van der Waals surface area contributed by atoms with E-state index in [0.29, 0.717) is 11.5 Å². The zero-order valence-corrected chi connectivity index (χ0v) is 11.2. The van der Waals surface area contributed by atoms with E-state index in [1.165, 1.54) is 0 Å². The van der Waals surface area contributed by atoms with Gasteiger partial charge in [0.2, 0.25) is 0 Å². The molecule has 0 aliphatic heterocycles. The molecule has 2 rings (SSSR count). The highest BCUT2D eigenvalue weighted by atomic mass is 32.1. The summed E-state index contributed by atoms with van der Waals surface area (Å²) < 4.78 is 1.69. The van der Waals surface area contributed by atoms with Gasteiger partial charge in [-0.1, -0.05) is 29.6 Å². The molecule has 0 amide bonds. The van der Waals surface area contributed by atoms with Crippen LogP contribution in [0.15, 0.2) is 30.5 Å². The van der Waals surface area contributed by atoms with Crippen LogP contribution in [-0.2, 0) is 13.6 Å². The first kappa shape index (κ1) is 12.5. The monoisotopic (exact) mass is 261 g/mol. The van der Waals surface area contributed by atoms with Gasteiger partial charge in [0.1, 0.15) is 10.7 Å². The summed E-state index contributed by atoms with van der Waals surface area (Å²) in [6.07, 6.45) is 1.90. The van der Waals surface area contributed by atoms with Crippen molar-refractivity contribution in [2.75, 3.05) is 11.9 Å². The van der Waals surface area contributed by atoms with E-state index in [1.54, 1.807) is 4.68 Å². The van der Waals surface area contributed by atoms with Crippen molar-refractivity contribution in [1.29, 1.82) is 0 Å². The summed E-state index contributed by atoms with van der Waals surface area (Å²) >= 11 is 4.97. The number of anilines is 1. The van der Waals surface area contributed by atoms with Crippen LogP contribution in [0.4, 0.5) is 5.69 Å². The van der Waals surface area contributed by atoms with Crippen molar-refractivity contribution in [3.8, 4) is 0 Å². The molecule has 1 aromatic carbocycles. The molecular formula is C12H15N5S. The molecule has 2 N–H and O–H groups in total. The summed E-state index contributed by atoms with van der Waals surface area (Å²) in [5.74, 6) is 0. The summed E-state index contributed by atoms with van der Waals surface area (Å²) in [5, 5.41) is 7.97. The molecule has 0 aliphatic rings. The van der Waals surface area contributed by atoms with Crippen molar-refractivity contribution in [2.24, 2.45) is 12.8 Å². The van der Waals surface area contributed by atoms with E-state index < -0.39 is 0 Å². The second kappa shape index (κ2) is 5.14. The lowest BCUT2D eigenvalue weighted by Crippen LogP contribution is -2.18. The number of hydrogen-bond donors (Lipinski definition) is 1. The Hall–Kier alpha value is -1.95. The van der Waals surface area contributed by atoms with Gasteiger partial charge < -0.3 is 10.6 Å². The van der Waals surface area contributed by atoms with Crippen LogP contribution >= 0.6 is 12.2 Å². The fourth-order valence-corrected chi connectivity index (χ4v) is 1.83. The van der Waals surface area contributed by atoms with Crippen LogP contribution in [-0.4, -0.2) is 27.0 Å². The third-order valence-electron chi connectivity index (χ3n) is 2.62. The number of thiocarbonyl (C=S) groups is 1. The molecule has 0 fully saturated rings. The maximum absolute atomic E-state index is 5.63. The Labute approximate surface area is 111 Å². The van der Waals surface area contributed by atoms with Crippen LogP contribution in [0.2, 0.25) is 0 Å². The van der Waals surface area contributed by atoms with Crippen LogP contribution in [0.3, 0.4) is 0 Å². The Balaban J connectivity index is 2.15. The predicted octanol–water partition coefficient (Wildman–Crippen LogP) is 1.09. The average molecular weight is 261 g/mol. The molecule has 6 heteroatoms. The number of rotatable bonds is 4. The first-order chi connectivity index (χ1) is 8.56. The number of benzene rings is 1. The second-order valence-electron chi connectivity index (χ2n) is 4.15. The van der Waals surface area contributed by atoms with Crippen molar-refractivity contribution in [3.63, 3.8) is 0 Å². The Bertz CT molecular complexity index is 563. The van der Waals surface area contributed by atoms with Gasteiger partial charge in [-0.15, -0.1) is 5.10 Å². The van der Waals surface area contributed by atoms with E-state index in [9.17, 15) is 0 Å². The van der Waals surface area contributed by atoms with Crippen molar-refractivity contribution in [3.05, 3.63) is 41.7 Å². The molecule has 5 nitrogen and oxygen atoms in total. The minimum atomic E-state index is 0.407. The number of hydrogen-bond acceptors (Lipinski definition) is 4. The molecule has 1 heterocycles. The topological polar surface area (TPSA) is 60.0 Å². The highest BCUT2D eigenvalue weighted by Crippen LogP contribution is 2.16. The van der Waals surface area contributed by atoms with Gasteiger partial charge in [0.25, 0.3) is 0 Å². The van der Waals surface area contributed by atoms with Gasteiger partial charge in [-0.2, -0.15) is 0 Å². The fourth-order valence-electron chi connectivity index (χ4n) is 1.70. The lowest BCUT2D eigenvalue weighted by atomic mass is 10.2. The van der Waals surface area contributed by atoms with Gasteiger partial charge in [-0.3, -0.25) is 4.68 Å². The molecular weight excluding hydrogens is 246 g/mol. The molecule has 0 atom stereocenters. The first-order valence-corrected chi connectivity index (χ1v) is 5.93. The lowest BCUT2D eigenvalue weighted by Gasteiger charge is -2.18. The Kier molecular flexibility index (Phi) is 3.57. The molecule has 0 saturated carbocycles. The molecule has 0 unspecified atom stereocenters. The van der Waals surface area contributed by atoms with Crippen LogP contribution in [0, 0.1) is 0 Å². The first-order valence-electron chi connectivity index (χ1n) is 5.52.